The highest BCUT2D eigenvalue weighted by Crippen LogP contribution is 2.43. The summed E-state index contributed by atoms with van der Waals surface area (Å²) in [6.45, 7) is 0.432. The van der Waals surface area contributed by atoms with Gasteiger partial charge in [0.25, 0.3) is 0 Å². The molecule has 1 saturated carbocycles. The molecule has 0 spiro atoms. The third-order valence-corrected chi connectivity index (χ3v) is 7.40. The van der Waals surface area contributed by atoms with Crippen molar-refractivity contribution in [1.29, 1.82) is 0 Å². The molecule has 0 bridgehead atoms. The number of para-hydroxylation sites is 1. The zero-order valence-electron chi connectivity index (χ0n) is 21.8. The molecule has 2 aliphatic rings. The number of aliphatic imine (C=N–C) groups is 1. The fraction of sp³-hybridized carbons (Fsp3) is 0.333. The maximum Gasteiger partial charge on any atom is 0.246 e. The summed E-state index contributed by atoms with van der Waals surface area (Å²) in [7, 11) is 3.49. The van der Waals surface area contributed by atoms with Crippen LogP contribution in [0.3, 0.4) is 0 Å². The number of amides is 1. The summed E-state index contributed by atoms with van der Waals surface area (Å²) in [5.41, 5.74) is 9.86. The van der Waals surface area contributed by atoms with Gasteiger partial charge in [-0.25, -0.2) is 9.97 Å². The first-order valence-electron chi connectivity index (χ1n) is 13.0. The van der Waals surface area contributed by atoms with Gasteiger partial charge in [-0.05, 0) is 68.0 Å². The first-order valence-corrected chi connectivity index (χ1v) is 13.0. The van der Waals surface area contributed by atoms with Crippen LogP contribution < -0.4 is 10.5 Å². The highest BCUT2D eigenvalue weighted by Gasteiger charge is 2.38. The number of carbonyl (C=O) groups is 1. The minimum atomic E-state index is -0.0749. The topological polar surface area (TPSA) is 103 Å². The van der Waals surface area contributed by atoms with Gasteiger partial charge < -0.3 is 20.1 Å². The molecule has 5 rings (SSSR count). The Hall–Kier alpha value is -4.04. The Bertz CT molecular complexity index is 1320. The van der Waals surface area contributed by atoms with Gasteiger partial charge in [0, 0.05) is 31.8 Å². The van der Waals surface area contributed by atoms with E-state index in [0.717, 1.165) is 59.7 Å². The van der Waals surface area contributed by atoms with Crippen LogP contribution in [0.5, 0.6) is 11.5 Å². The van der Waals surface area contributed by atoms with Crippen LogP contribution in [0, 0.1) is 5.92 Å². The molecule has 1 unspecified atom stereocenters. The van der Waals surface area contributed by atoms with E-state index in [1.54, 1.807) is 19.3 Å². The summed E-state index contributed by atoms with van der Waals surface area (Å²) in [6.07, 6.45) is 8.63. The molecule has 1 fully saturated rings. The van der Waals surface area contributed by atoms with Crippen molar-refractivity contribution in [3.8, 4) is 11.5 Å². The van der Waals surface area contributed by atoms with E-state index in [1.807, 2.05) is 66.5 Å². The number of aromatic nitrogens is 2. The number of nitrogen functional groups attached to an aromatic ring is 1. The minimum Gasteiger partial charge on any atom is -0.457 e. The van der Waals surface area contributed by atoms with Crippen LogP contribution in [0.25, 0.3) is 0 Å². The average Bonchev–Trinajstić information content (AvgIpc) is 3.35. The lowest BCUT2D eigenvalue weighted by atomic mass is 9.80. The van der Waals surface area contributed by atoms with Crippen LogP contribution in [0.2, 0.25) is 0 Å². The number of nitrogens with zero attached hydrogens (tertiary/aromatic N) is 4. The lowest BCUT2D eigenvalue weighted by Crippen LogP contribution is -2.39. The molecular formula is C30H33N5O3. The van der Waals surface area contributed by atoms with Gasteiger partial charge in [0.05, 0.1) is 29.6 Å². The quantitative estimate of drug-likeness (QED) is 0.429. The van der Waals surface area contributed by atoms with E-state index in [4.69, 9.17) is 20.2 Å². The van der Waals surface area contributed by atoms with Gasteiger partial charge in [0.1, 0.15) is 23.6 Å². The molecule has 0 saturated heterocycles. The van der Waals surface area contributed by atoms with E-state index in [1.165, 1.54) is 6.33 Å². The third-order valence-electron chi connectivity index (χ3n) is 7.40. The molecule has 2 N–H and O–H groups in total. The lowest BCUT2D eigenvalue weighted by molar-refractivity contribution is -0.127. The smallest absolute Gasteiger partial charge is 0.246 e. The molecule has 1 aliphatic carbocycles. The predicted octanol–water partition coefficient (Wildman–Crippen LogP) is 4.96. The van der Waals surface area contributed by atoms with Crippen molar-refractivity contribution in [3.63, 3.8) is 0 Å². The summed E-state index contributed by atoms with van der Waals surface area (Å²) in [5.74, 6) is 2.32. The second-order valence-corrected chi connectivity index (χ2v) is 9.76. The van der Waals surface area contributed by atoms with Gasteiger partial charge in [0.2, 0.25) is 5.91 Å². The molecule has 3 aromatic rings. The maximum atomic E-state index is 12.5. The predicted molar refractivity (Wildman–Crippen MR) is 147 cm³/mol. The number of nitrogens with two attached hydrogens (primary N) is 1. The van der Waals surface area contributed by atoms with Crippen molar-refractivity contribution in [3.05, 3.63) is 89.9 Å². The van der Waals surface area contributed by atoms with E-state index in [0.29, 0.717) is 18.3 Å². The van der Waals surface area contributed by atoms with Gasteiger partial charge in [0.15, 0.2) is 0 Å². The Labute approximate surface area is 223 Å². The summed E-state index contributed by atoms with van der Waals surface area (Å²) in [5, 5.41) is 0. The van der Waals surface area contributed by atoms with Gasteiger partial charge >= 0.3 is 0 Å². The third kappa shape index (κ3) is 5.45. The van der Waals surface area contributed by atoms with Crippen LogP contribution in [0.1, 0.15) is 48.5 Å². The number of hydrogen-bond acceptors (Lipinski definition) is 7. The molecule has 1 amide bonds. The Morgan fingerprint density at radius 3 is 2.45 bits per heavy atom. The van der Waals surface area contributed by atoms with Crippen molar-refractivity contribution in [2.75, 3.05) is 26.5 Å². The molecule has 38 heavy (non-hydrogen) atoms. The monoisotopic (exact) mass is 511 g/mol. The fourth-order valence-electron chi connectivity index (χ4n) is 5.35. The van der Waals surface area contributed by atoms with Gasteiger partial charge in [-0.1, -0.05) is 24.3 Å². The fourth-order valence-corrected chi connectivity index (χ4v) is 5.35. The van der Waals surface area contributed by atoms with Crippen molar-refractivity contribution < 1.29 is 14.3 Å². The van der Waals surface area contributed by atoms with Crippen molar-refractivity contribution >= 4 is 17.4 Å². The summed E-state index contributed by atoms with van der Waals surface area (Å²) in [6, 6.07) is 17.7. The molecule has 1 atom stereocenters. The number of carbonyl (C=O) groups excluding carboxylic acids is 1. The van der Waals surface area contributed by atoms with Gasteiger partial charge in [-0.3, -0.25) is 9.79 Å². The number of fused-ring (bicyclic) bond motifs is 1. The zero-order valence-corrected chi connectivity index (χ0v) is 21.8. The van der Waals surface area contributed by atoms with E-state index in [9.17, 15) is 4.79 Å². The molecule has 8 heteroatoms. The average molecular weight is 512 g/mol. The van der Waals surface area contributed by atoms with Crippen LogP contribution in [-0.4, -0.2) is 53.3 Å². The molecule has 2 aromatic carbocycles. The molecular weight excluding hydrogens is 478 g/mol. The molecule has 2 heterocycles. The largest absolute Gasteiger partial charge is 0.457 e. The summed E-state index contributed by atoms with van der Waals surface area (Å²) >= 11 is 0. The maximum absolute atomic E-state index is 12.5. The van der Waals surface area contributed by atoms with E-state index in [-0.39, 0.29) is 18.0 Å². The Morgan fingerprint density at radius 1 is 1.03 bits per heavy atom. The van der Waals surface area contributed by atoms with Gasteiger partial charge in [-0.2, -0.15) is 0 Å². The van der Waals surface area contributed by atoms with Gasteiger partial charge in [-0.15, -0.1) is 0 Å². The Morgan fingerprint density at radius 2 is 1.74 bits per heavy atom. The second-order valence-electron chi connectivity index (χ2n) is 9.76. The number of likely N-dealkylation sites (N-methyl/N-ethyl adjacent to an activating group) is 1. The highest BCUT2D eigenvalue weighted by molar-refractivity contribution is 6.17. The number of methoxy groups -OCH3 is 1. The molecule has 1 aromatic heterocycles. The number of hydrogen-bond donors (Lipinski definition) is 1. The number of rotatable bonds is 8. The number of benzene rings is 2. The first kappa shape index (κ1) is 25.6. The van der Waals surface area contributed by atoms with E-state index >= 15 is 0 Å². The highest BCUT2D eigenvalue weighted by atomic mass is 16.5. The first-order chi connectivity index (χ1) is 18.5. The second kappa shape index (κ2) is 11.6. The standard InChI is InChI=1S/C30H33N5O3/c1-35(25(36)9-6-18-37-2)22-14-10-21(11-15-22)28-29-26(30(31)33-19-32-29)27(34-28)20-12-16-24(17-13-20)38-23-7-4-3-5-8-23/h3-9,12-13,16-17,19,21-22,28H,10-11,14-15,18H2,1-2H3,(H2,31,32,33)/b9-6+. The molecule has 196 valence electrons. The van der Waals surface area contributed by atoms with Crippen molar-refractivity contribution in [1.82, 2.24) is 14.9 Å². The molecule has 8 nitrogen and oxygen atoms in total. The molecule has 1 aliphatic heterocycles. The normalized spacial score (nSPS) is 20.7. The SMILES string of the molecule is COC/C=C/C(=O)N(C)C1CCC(C2N=C(c3ccc(Oc4ccccc4)cc3)c3c(N)ncnc32)CC1. The van der Waals surface area contributed by atoms with Crippen molar-refractivity contribution in [2.45, 2.75) is 37.8 Å². The van der Waals surface area contributed by atoms with Crippen LogP contribution in [0.4, 0.5) is 5.82 Å². The summed E-state index contributed by atoms with van der Waals surface area (Å²) in [4.78, 5) is 28.4. The number of ether oxygens (including phenoxy) is 2. The van der Waals surface area contributed by atoms with Crippen molar-refractivity contribution in [2.24, 2.45) is 10.9 Å². The molecule has 0 radical (unpaired) electrons. The Balaban J connectivity index is 1.31. The summed E-state index contributed by atoms with van der Waals surface area (Å²) < 4.78 is 11.0. The van der Waals surface area contributed by atoms with Crippen LogP contribution in [0.15, 0.2) is 78.1 Å². The zero-order chi connectivity index (χ0) is 26.5. The lowest BCUT2D eigenvalue weighted by Gasteiger charge is -2.35. The number of anilines is 1. The van der Waals surface area contributed by atoms with E-state index < -0.39 is 0 Å². The Kier molecular flexibility index (Phi) is 7.79. The van der Waals surface area contributed by atoms with E-state index in [2.05, 4.69) is 9.97 Å². The van der Waals surface area contributed by atoms with Crippen LogP contribution in [-0.2, 0) is 9.53 Å². The minimum absolute atomic E-state index is 0.0113. The van der Waals surface area contributed by atoms with Crippen LogP contribution >= 0.6 is 0 Å².